The first-order valence-electron chi connectivity index (χ1n) is 19.1. The first-order chi connectivity index (χ1) is 24.5. The fraction of sp³-hybridized carbons (Fsp3) is 0.692. The zero-order valence-corrected chi connectivity index (χ0v) is 31.3. The van der Waals surface area contributed by atoms with E-state index in [-0.39, 0.29) is 5.91 Å². The molecule has 294 valence electrons. The standard InChI is InChI=1S/C24H46N2O3.C9H11NO2.C6H14N2O2/c1-2-3-4-5-6-7-8-9-10-11-12-13-14-15-16-20-23(27)26-22(24(28)29)19-17-18-21-25;10-8(9(11)12)6-7-4-2-1-3-5-7;7-4-2-1-3-5(8)6(9)10/h9-10,22H,2-8,11-21,25H2,1H3,(H,26,27)(H,28,29);1-5,8H,6,10H2,(H,11,12);5H,1-4,7-8H2,(H,9,10)/b10-9+;;/t22-;8-;5-/m000/s1. The molecule has 0 saturated carbocycles. The van der Waals surface area contributed by atoms with E-state index in [9.17, 15) is 24.3 Å². The van der Waals surface area contributed by atoms with Gasteiger partial charge in [0.1, 0.15) is 18.1 Å². The third-order valence-corrected chi connectivity index (χ3v) is 8.15. The monoisotopic (exact) mass is 722 g/mol. The molecule has 12 nitrogen and oxygen atoms in total. The van der Waals surface area contributed by atoms with Crippen LogP contribution in [0.1, 0.15) is 141 Å². The maximum atomic E-state index is 11.9. The van der Waals surface area contributed by atoms with E-state index in [2.05, 4.69) is 24.4 Å². The lowest BCUT2D eigenvalue weighted by molar-refractivity contribution is -0.142. The number of carbonyl (C=O) groups excluding carboxylic acids is 1. The molecule has 12 heteroatoms. The average Bonchev–Trinajstić information content (AvgIpc) is 3.10. The molecule has 0 saturated heterocycles. The summed E-state index contributed by atoms with van der Waals surface area (Å²) in [6.07, 6.45) is 25.5. The molecule has 1 rings (SSSR count). The molecule has 0 spiro atoms. The van der Waals surface area contributed by atoms with Crippen LogP contribution in [0.15, 0.2) is 42.5 Å². The van der Waals surface area contributed by atoms with Crippen LogP contribution >= 0.6 is 0 Å². The van der Waals surface area contributed by atoms with E-state index in [0.29, 0.717) is 38.8 Å². The van der Waals surface area contributed by atoms with E-state index in [1.54, 1.807) is 0 Å². The number of carboxylic acids is 3. The Balaban J connectivity index is 0. The van der Waals surface area contributed by atoms with E-state index in [1.165, 1.54) is 57.8 Å². The second-order valence-corrected chi connectivity index (χ2v) is 12.9. The van der Waals surface area contributed by atoms with Gasteiger partial charge in [0.15, 0.2) is 0 Å². The number of nitrogens with two attached hydrogens (primary N) is 4. The molecular weight excluding hydrogens is 650 g/mol. The SMILES string of the molecule is CCCCCCCC/C=C/CCCCCCCC(=O)N[C@@H](CCCCN)C(=O)O.NCCCC[C@H](N)C(=O)O.N[C@@H](Cc1ccccc1)C(=O)O. The number of benzene rings is 1. The van der Waals surface area contributed by atoms with Crippen molar-refractivity contribution in [2.75, 3.05) is 13.1 Å². The van der Waals surface area contributed by atoms with Crippen molar-refractivity contribution < 1.29 is 34.5 Å². The second kappa shape index (κ2) is 36.5. The van der Waals surface area contributed by atoms with Gasteiger partial charge in [-0.05, 0) is 89.3 Å². The Morgan fingerprint density at radius 2 is 1.12 bits per heavy atom. The molecule has 0 aliphatic carbocycles. The van der Waals surface area contributed by atoms with Crippen molar-refractivity contribution in [3.8, 4) is 0 Å². The van der Waals surface area contributed by atoms with Crippen LogP contribution in [-0.2, 0) is 25.6 Å². The summed E-state index contributed by atoms with van der Waals surface area (Å²) in [6.45, 7) is 3.41. The summed E-state index contributed by atoms with van der Waals surface area (Å²) in [5.74, 6) is -3.00. The Labute approximate surface area is 307 Å². The summed E-state index contributed by atoms with van der Waals surface area (Å²) in [5, 5.41) is 28.7. The maximum Gasteiger partial charge on any atom is 0.326 e. The van der Waals surface area contributed by atoms with Crippen LogP contribution in [0.3, 0.4) is 0 Å². The number of hydrogen-bond acceptors (Lipinski definition) is 8. The molecule has 0 fully saturated rings. The van der Waals surface area contributed by atoms with Crippen LogP contribution < -0.4 is 28.3 Å². The molecule has 0 aliphatic rings. The molecule has 0 aromatic heterocycles. The van der Waals surface area contributed by atoms with Crippen LogP contribution in [-0.4, -0.2) is 70.3 Å². The van der Waals surface area contributed by atoms with Gasteiger partial charge in [-0.25, -0.2) is 4.79 Å². The first kappa shape index (κ1) is 49.8. The van der Waals surface area contributed by atoms with E-state index < -0.39 is 36.0 Å². The highest BCUT2D eigenvalue weighted by Crippen LogP contribution is 2.10. The van der Waals surface area contributed by atoms with Crippen molar-refractivity contribution in [3.05, 3.63) is 48.0 Å². The second-order valence-electron chi connectivity index (χ2n) is 12.9. The van der Waals surface area contributed by atoms with Gasteiger partial charge in [-0.15, -0.1) is 0 Å². The van der Waals surface area contributed by atoms with Gasteiger partial charge in [0.25, 0.3) is 0 Å². The third kappa shape index (κ3) is 34.9. The maximum absolute atomic E-state index is 11.9. The van der Waals surface area contributed by atoms with Crippen LogP contribution in [0.25, 0.3) is 0 Å². The minimum absolute atomic E-state index is 0.150. The highest BCUT2D eigenvalue weighted by Gasteiger charge is 2.19. The van der Waals surface area contributed by atoms with Gasteiger partial charge in [0.2, 0.25) is 5.91 Å². The smallest absolute Gasteiger partial charge is 0.326 e. The molecule has 51 heavy (non-hydrogen) atoms. The number of rotatable bonds is 29. The van der Waals surface area contributed by atoms with E-state index in [4.69, 9.17) is 33.1 Å². The summed E-state index contributed by atoms with van der Waals surface area (Å²) in [7, 11) is 0. The van der Waals surface area contributed by atoms with E-state index >= 15 is 0 Å². The Morgan fingerprint density at radius 3 is 1.61 bits per heavy atom. The van der Waals surface area contributed by atoms with Crippen molar-refractivity contribution >= 4 is 23.8 Å². The highest BCUT2D eigenvalue weighted by molar-refractivity contribution is 5.83. The van der Waals surface area contributed by atoms with Crippen LogP contribution in [0.4, 0.5) is 0 Å². The molecule has 1 aromatic rings. The summed E-state index contributed by atoms with van der Waals surface area (Å²) >= 11 is 0. The number of nitrogens with one attached hydrogen (secondary N) is 1. The summed E-state index contributed by atoms with van der Waals surface area (Å²) in [4.78, 5) is 43.6. The predicted molar refractivity (Wildman–Crippen MR) is 206 cm³/mol. The Bertz CT molecular complexity index is 1030. The van der Waals surface area contributed by atoms with Crippen LogP contribution in [0, 0.1) is 0 Å². The Hall–Kier alpha value is -3.32. The summed E-state index contributed by atoms with van der Waals surface area (Å²) in [5.41, 5.74) is 22.1. The quantitative estimate of drug-likeness (QED) is 0.0358. The fourth-order valence-corrected chi connectivity index (χ4v) is 4.96. The van der Waals surface area contributed by atoms with Gasteiger partial charge in [-0.3, -0.25) is 14.4 Å². The largest absolute Gasteiger partial charge is 0.480 e. The highest BCUT2D eigenvalue weighted by atomic mass is 16.4. The molecule has 1 aromatic carbocycles. The average molecular weight is 722 g/mol. The van der Waals surface area contributed by atoms with Gasteiger partial charge in [0.05, 0.1) is 0 Å². The Morgan fingerprint density at radius 1 is 0.627 bits per heavy atom. The minimum Gasteiger partial charge on any atom is -0.480 e. The van der Waals surface area contributed by atoms with E-state index in [0.717, 1.165) is 56.9 Å². The lowest BCUT2D eigenvalue weighted by atomic mass is 10.1. The molecule has 0 radical (unpaired) electrons. The van der Waals surface area contributed by atoms with Crippen LogP contribution in [0.5, 0.6) is 0 Å². The van der Waals surface area contributed by atoms with Gasteiger partial charge in [0, 0.05) is 6.42 Å². The zero-order valence-electron chi connectivity index (χ0n) is 31.3. The molecule has 0 heterocycles. The predicted octanol–water partition coefficient (Wildman–Crippen LogP) is 5.89. The van der Waals surface area contributed by atoms with Gasteiger partial charge in [-0.2, -0.15) is 0 Å². The summed E-state index contributed by atoms with van der Waals surface area (Å²) in [6, 6.07) is 7.05. The molecule has 3 atom stereocenters. The number of amides is 1. The molecule has 0 bridgehead atoms. The number of allylic oxidation sites excluding steroid dienone is 2. The van der Waals surface area contributed by atoms with E-state index in [1.807, 2.05) is 30.3 Å². The molecular formula is C39H71N5O7. The molecule has 1 amide bonds. The number of hydrogen-bond donors (Lipinski definition) is 8. The molecule has 12 N–H and O–H groups in total. The minimum atomic E-state index is -0.959. The molecule has 0 unspecified atom stereocenters. The number of unbranched alkanes of at least 4 members (excludes halogenated alkanes) is 13. The van der Waals surface area contributed by atoms with Crippen molar-refractivity contribution in [2.24, 2.45) is 22.9 Å². The lowest BCUT2D eigenvalue weighted by Crippen LogP contribution is -2.40. The molecule has 0 aliphatic heterocycles. The van der Waals surface area contributed by atoms with Crippen molar-refractivity contribution in [3.63, 3.8) is 0 Å². The van der Waals surface area contributed by atoms with Gasteiger partial charge in [-0.1, -0.05) is 107 Å². The topological polar surface area (TPSA) is 245 Å². The van der Waals surface area contributed by atoms with Crippen molar-refractivity contribution in [2.45, 2.75) is 160 Å². The fourth-order valence-electron chi connectivity index (χ4n) is 4.96. The van der Waals surface area contributed by atoms with Gasteiger partial charge < -0.3 is 43.6 Å². The third-order valence-electron chi connectivity index (χ3n) is 8.15. The normalized spacial score (nSPS) is 12.5. The Kier molecular flexibility index (Phi) is 35.6. The summed E-state index contributed by atoms with van der Waals surface area (Å²) < 4.78 is 0. The lowest BCUT2D eigenvalue weighted by Gasteiger charge is -2.14. The number of carboxylic acid groups (broad SMARTS) is 3. The number of aliphatic carboxylic acids is 3. The van der Waals surface area contributed by atoms with Crippen LogP contribution in [0.2, 0.25) is 0 Å². The number of carbonyl (C=O) groups is 4. The zero-order chi connectivity index (χ0) is 38.5. The van der Waals surface area contributed by atoms with Gasteiger partial charge >= 0.3 is 17.9 Å². The van der Waals surface area contributed by atoms with Crippen molar-refractivity contribution in [1.29, 1.82) is 0 Å². The van der Waals surface area contributed by atoms with Crippen molar-refractivity contribution in [1.82, 2.24) is 5.32 Å². The first-order valence-corrected chi connectivity index (χ1v) is 19.1.